The van der Waals surface area contributed by atoms with E-state index in [9.17, 15) is 0 Å². The van der Waals surface area contributed by atoms with Crippen LogP contribution in [-0.2, 0) is 8.53 Å². The molecule has 1 heterocycles. The minimum atomic E-state index is -0.935. The van der Waals surface area contributed by atoms with Crippen LogP contribution in [0.15, 0.2) is 0 Å². The van der Waals surface area contributed by atoms with E-state index in [4.69, 9.17) is 8.53 Å². The Bertz CT molecular complexity index is 205. The van der Waals surface area contributed by atoms with E-state index in [0.717, 1.165) is 19.6 Å². The van der Waals surface area contributed by atoms with Crippen molar-refractivity contribution in [3.05, 3.63) is 0 Å². The van der Waals surface area contributed by atoms with Crippen molar-refractivity contribution in [3.8, 4) is 0 Å². The van der Waals surface area contributed by atoms with Crippen LogP contribution in [0.1, 0.15) is 84.5 Å². The van der Waals surface area contributed by atoms with E-state index >= 15 is 0 Å². The Labute approximate surface area is 137 Å². The number of ether oxygens (including phenoxy) is 1. The van der Waals surface area contributed by atoms with Crippen LogP contribution in [0.25, 0.3) is 0 Å². The van der Waals surface area contributed by atoms with Crippen molar-refractivity contribution in [2.24, 2.45) is 0 Å². The molecule has 1 saturated heterocycles. The smallest absolute Gasteiger partial charge is 0.460 e. The lowest BCUT2D eigenvalue weighted by molar-refractivity contribution is 0.0899. The van der Waals surface area contributed by atoms with Gasteiger partial charge in [0.05, 0.1) is 6.10 Å². The summed E-state index contributed by atoms with van der Waals surface area (Å²) >= 11 is -0.935. The van der Waals surface area contributed by atoms with Crippen LogP contribution < -0.4 is 0 Å². The van der Waals surface area contributed by atoms with Gasteiger partial charge < -0.3 is 8.53 Å². The fraction of sp³-hybridized carbons (Fsp3) is 1.00. The fourth-order valence-electron chi connectivity index (χ4n) is 3.15. The molecule has 0 aromatic heterocycles. The second kappa shape index (κ2) is 14.1. The number of hydrogen-bond acceptors (Lipinski definition) is 2. The summed E-state index contributed by atoms with van der Waals surface area (Å²) < 4.78 is 12.0. The molecule has 0 bridgehead atoms. The molecule has 2 nitrogen and oxygen atoms in total. The average Bonchev–Trinajstić information content (AvgIpc) is 3.00. The van der Waals surface area contributed by atoms with Gasteiger partial charge >= 0.3 is 14.5 Å². The van der Waals surface area contributed by atoms with Crippen molar-refractivity contribution in [2.45, 2.75) is 101 Å². The van der Waals surface area contributed by atoms with Crippen LogP contribution in [-0.4, -0.2) is 33.8 Å². The highest BCUT2D eigenvalue weighted by atomic mass is 27.2. The Morgan fingerprint density at radius 1 is 0.952 bits per heavy atom. The first-order chi connectivity index (χ1) is 10.4. The minimum Gasteiger partial charge on any atom is -0.501 e. The Balaban J connectivity index is 2.11. The van der Waals surface area contributed by atoms with Gasteiger partial charge in [-0.1, -0.05) is 75.8 Å². The van der Waals surface area contributed by atoms with Crippen LogP contribution in [0.4, 0.5) is 0 Å². The topological polar surface area (TPSA) is 18.5 Å². The lowest BCUT2D eigenvalue weighted by atomic mass is 10.2. The highest BCUT2D eigenvalue weighted by molar-refractivity contribution is 6.51. The SMILES string of the molecule is CCCCC[CH2][Al]([CH2]CCCCC)[O]CCC1CCCO1. The Morgan fingerprint density at radius 3 is 2.14 bits per heavy atom. The zero-order chi connectivity index (χ0) is 15.2. The summed E-state index contributed by atoms with van der Waals surface area (Å²) in [6, 6.07) is 0. The van der Waals surface area contributed by atoms with Crippen LogP contribution >= 0.6 is 0 Å². The molecule has 0 spiro atoms. The summed E-state index contributed by atoms with van der Waals surface area (Å²) in [5.41, 5.74) is 0. The molecule has 0 aliphatic carbocycles. The molecule has 1 aliphatic heterocycles. The molecule has 3 heteroatoms. The van der Waals surface area contributed by atoms with Gasteiger partial charge in [-0.3, -0.25) is 0 Å². The molecule has 1 rings (SSSR count). The van der Waals surface area contributed by atoms with Gasteiger partial charge in [0.15, 0.2) is 0 Å². The number of unbranched alkanes of at least 4 members (excludes halogenated alkanes) is 6. The van der Waals surface area contributed by atoms with Gasteiger partial charge in [0, 0.05) is 13.2 Å². The highest BCUT2D eigenvalue weighted by Gasteiger charge is 2.21. The third-order valence-corrected chi connectivity index (χ3v) is 7.39. The molecule has 0 N–H and O–H groups in total. The van der Waals surface area contributed by atoms with E-state index in [1.807, 2.05) is 0 Å². The molecule has 0 amide bonds. The van der Waals surface area contributed by atoms with E-state index in [-0.39, 0.29) is 0 Å². The Kier molecular flexibility index (Phi) is 13.1. The molecule has 21 heavy (non-hydrogen) atoms. The zero-order valence-corrected chi connectivity index (χ0v) is 15.7. The first-order valence-corrected chi connectivity index (χ1v) is 11.7. The van der Waals surface area contributed by atoms with Gasteiger partial charge in [0.25, 0.3) is 0 Å². The van der Waals surface area contributed by atoms with E-state index in [0.29, 0.717) is 6.10 Å². The Morgan fingerprint density at radius 2 is 1.62 bits per heavy atom. The molecule has 1 fully saturated rings. The van der Waals surface area contributed by atoms with E-state index in [1.165, 1.54) is 74.8 Å². The van der Waals surface area contributed by atoms with E-state index < -0.39 is 14.5 Å². The van der Waals surface area contributed by atoms with Gasteiger partial charge in [0.1, 0.15) is 0 Å². The molecule has 0 aromatic carbocycles. The van der Waals surface area contributed by atoms with Gasteiger partial charge in [-0.2, -0.15) is 0 Å². The average molecular weight is 312 g/mol. The van der Waals surface area contributed by atoms with E-state index in [1.54, 1.807) is 0 Å². The molecular weight excluding hydrogens is 275 g/mol. The molecule has 0 radical (unpaired) electrons. The monoisotopic (exact) mass is 312 g/mol. The maximum absolute atomic E-state index is 6.32. The van der Waals surface area contributed by atoms with Crippen molar-refractivity contribution < 1.29 is 8.53 Å². The second-order valence-electron chi connectivity index (χ2n) is 6.62. The fourth-order valence-corrected chi connectivity index (χ4v) is 5.73. The number of rotatable bonds is 14. The molecular formula is C18H37AlO2. The maximum Gasteiger partial charge on any atom is 0.460 e. The quantitative estimate of drug-likeness (QED) is 0.301. The van der Waals surface area contributed by atoms with Crippen LogP contribution in [0.2, 0.25) is 10.6 Å². The summed E-state index contributed by atoms with van der Waals surface area (Å²) in [6.07, 6.45) is 15.2. The van der Waals surface area contributed by atoms with Crippen molar-refractivity contribution in [2.75, 3.05) is 13.2 Å². The Hall–Kier alpha value is 0.452. The molecule has 1 unspecified atom stereocenters. The van der Waals surface area contributed by atoms with Crippen LogP contribution in [0.5, 0.6) is 0 Å². The van der Waals surface area contributed by atoms with Gasteiger partial charge in [0.2, 0.25) is 0 Å². The van der Waals surface area contributed by atoms with Gasteiger partial charge in [-0.25, -0.2) is 0 Å². The predicted molar refractivity (Wildman–Crippen MR) is 93.2 cm³/mol. The lowest BCUT2D eigenvalue weighted by Crippen LogP contribution is -2.21. The standard InChI is InChI=1S/C6H11O2.2C6H13.Al/c7-4-3-6-2-1-5-8-6;2*1-3-5-6-4-2;/h6H,1-5H2;2*1,3-6H2,2H3;/q-1;;;+1. The maximum atomic E-state index is 6.32. The van der Waals surface area contributed by atoms with Crippen molar-refractivity contribution >= 4 is 14.5 Å². The minimum absolute atomic E-state index is 0.500. The molecule has 1 atom stereocenters. The summed E-state index contributed by atoms with van der Waals surface area (Å²) in [4.78, 5) is 0. The van der Waals surface area contributed by atoms with E-state index in [2.05, 4.69) is 13.8 Å². The zero-order valence-electron chi connectivity index (χ0n) is 14.6. The van der Waals surface area contributed by atoms with Crippen LogP contribution in [0, 0.1) is 0 Å². The first kappa shape index (κ1) is 19.5. The lowest BCUT2D eigenvalue weighted by Gasteiger charge is -2.15. The van der Waals surface area contributed by atoms with Crippen molar-refractivity contribution in [1.82, 2.24) is 0 Å². The first-order valence-electron chi connectivity index (χ1n) is 9.60. The summed E-state index contributed by atoms with van der Waals surface area (Å²) in [5.74, 6) is 0. The molecule has 1 aliphatic rings. The third-order valence-electron chi connectivity index (χ3n) is 4.58. The second-order valence-corrected chi connectivity index (χ2v) is 9.35. The summed E-state index contributed by atoms with van der Waals surface area (Å²) in [5, 5.41) is 2.80. The predicted octanol–water partition coefficient (Wildman–Crippen LogP) is 5.72. The number of hydrogen-bond donors (Lipinski definition) is 0. The third kappa shape index (κ3) is 10.7. The largest absolute Gasteiger partial charge is 0.501 e. The summed E-state index contributed by atoms with van der Waals surface area (Å²) in [6.45, 7) is 6.51. The van der Waals surface area contributed by atoms with Crippen LogP contribution in [0.3, 0.4) is 0 Å². The van der Waals surface area contributed by atoms with Gasteiger partial charge in [-0.15, -0.1) is 0 Å². The summed E-state index contributed by atoms with van der Waals surface area (Å²) in [7, 11) is 0. The van der Waals surface area contributed by atoms with Crippen molar-refractivity contribution in [1.29, 1.82) is 0 Å². The van der Waals surface area contributed by atoms with Gasteiger partial charge in [-0.05, 0) is 19.3 Å². The normalized spacial score (nSPS) is 18.3. The molecule has 0 saturated carbocycles. The highest BCUT2D eigenvalue weighted by Crippen LogP contribution is 2.18. The molecule has 124 valence electrons. The molecule has 0 aromatic rings. The van der Waals surface area contributed by atoms with Crippen molar-refractivity contribution in [3.63, 3.8) is 0 Å².